The summed E-state index contributed by atoms with van der Waals surface area (Å²) >= 11 is 5.55. The molecule has 3 rings (SSSR count). The van der Waals surface area contributed by atoms with E-state index in [9.17, 15) is 0 Å². The fourth-order valence-corrected chi connectivity index (χ4v) is 3.50. The summed E-state index contributed by atoms with van der Waals surface area (Å²) in [6.07, 6.45) is 0.799. The van der Waals surface area contributed by atoms with Crippen molar-refractivity contribution in [3.8, 4) is 17.2 Å². The highest BCUT2D eigenvalue weighted by Gasteiger charge is 2.34. The highest BCUT2D eigenvalue weighted by Crippen LogP contribution is 2.41. The lowest BCUT2D eigenvalue weighted by molar-refractivity contribution is 0.0693. The molecule has 1 heterocycles. The monoisotopic (exact) mass is 386 g/mol. The van der Waals surface area contributed by atoms with E-state index in [2.05, 4.69) is 24.5 Å². The lowest BCUT2D eigenvalue weighted by Crippen LogP contribution is -2.42. The number of fused-ring (bicyclic) bond motifs is 1. The van der Waals surface area contributed by atoms with Gasteiger partial charge in [0.05, 0.1) is 19.8 Å². The first-order valence-electron chi connectivity index (χ1n) is 9.07. The van der Waals surface area contributed by atoms with E-state index in [-0.39, 0.29) is 11.6 Å². The summed E-state index contributed by atoms with van der Waals surface area (Å²) in [7, 11) is 1.65. The van der Waals surface area contributed by atoms with Gasteiger partial charge in [0.2, 0.25) is 0 Å². The van der Waals surface area contributed by atoms with Crippen LogP contribution < -0.4 is 24.8 Å². The van der Waals surface area contributed by atoms with Crippen molar-refractivity contribution in [2.24, 2.45) is 0 Å². The van der Waals surface area contributed by atoms with Crippen molar-refractivity contribution >= 4 is 23.0 Å². The normalized spacial score (nSPS) is 17.3. The summed E-state index contributed by atoms with van der Waals surface area (Å²) in [5.41, 5.74) is 1.66. The number of thiocarbonyl (C=S) groups is 1. The quantitative estimate of drug-likeness (QED) is 0.728. The molecule has 1 atom stereocenters. The van der Waals surface area contributed by atoms with Gasteiger partial charge in [-0.15, -0.1) is 0 Å². The maximum absolute atomic E-state index is 6.13. The zero-order valence-corrected chi connectivity index (χ0v) is 17.0. The second-order valence-electron chi connectivity index (χ2n) is 7.08. The molecule has 0 fully saturated rings. The number of ether oxygens (including phenoxy) is 3. The maximum atomic E-state index is 6.13. The van der Waals surface area contributed by atoms with E-state index in [0.717, 1.165) is 34.9 Å². The molecule has 144 valence electrons. The largest absolute Gasteiger partial charge is 0.497 e. The molecule has 6 heteroatoms. The molecule has 0 aliphatic carbocycles. The summed E-state index contributed by atoms with van der Waals surface area (Å²) in [6, 6.07) is 13.7. The summed E-state index contributed by atoms with van der Waals surface area (Å²) in [5, 5.41) is 7.23. The van der Waals surface area contributed by atoms with Crippen molar-refractivity contribution in [3.05, 3.63) is 48.0 Å². The predicted octanol–water partition coefficient (Wildman–Crippen LogP) is 4.68. The molecule has 1 unspecified atom stereocenters. The third-order valence-corrected chi connectivity index (χ3v) is 4.61. The molecule has 0 saturated carbocycles. The molecular formula is C21H26N2O3S. The Morgan fingerprint density at radius 1 is 1.22 bits per heavy atom. The van der Waals surface area contributed by atoms with Gasteiger partial charge in [-0.25, -0.2) is 0 Å². The first-order valence-corrected chi connectivity index (χ1v) is 9.48. The first kappa shape index (κ1) is 19.3. The van der Waals surface area contributed by atoms with Crippen LogP contribution in [-0.2, 0) is 0 Å². The van der Waals surface area contributed by atoms with E-state index < -0.39 is 0 Å². The molecular weight excluding hydrogens is 360 g/mol. The molecule has 0 saturated heterocycles. The van der Waals surface area contributed by atoms with Gasteiger partial charge in [0.15, 0.2) is 5.11 Å². The van der Waals surface area contributed by atoms with Crippen molar-refractivity contribution in [3.63, 3.8) is 0 Å². The molecule has 2 aromatic carbocycles. The minimum Gasteiger partial charge on any atom is -0.497 e. The maximum Gasteiger partial charge on any atom is 0.171 e. The molecule has 27 heavy (non-hydrogen) atoms. The van der Waals surface area contributed by atoms with Crippen LogP contribution in [0.15, 0.2) is 42.5 Å². The molecule has 0 aromatic heterocycles. The Kier molecular flexibility index (Phi) is 5.75. The van der Waals surface area contributed by atoms with E-state index in [1.807, 2.05) is 49.4 Å². The Morgan fingerprint density at radius 3 is 2.78 bits per heavy atom. The number of hydrogen-bond donors (Lipinski definition) is 2. The summed E-state index contributed by atoms with van der Waals surface area (Å²) < 4.78 is 17.0. The van der Waals surface area contributed by atoms with Gasteiger partial charge < -0.3 is 24.8 Å². The van der Waals surface area contributed by atoms with Gasteiger partial charge in [-0.05, 0) is 57.3 Å². The van der Waals surface area contributed by atoms with Crippen LogP contribution in [0.2, 0.25) is 0 Å². The van der Waals surface area contributed by atoms with Crippen molar-refractivity contribution in [1.82, 2.24) is 5.32 Å². The second-order valence-corrected chi connectivity index (χ2v) is 7.49. The second kappa shape index (κ2) is 8.05. The molecule has 1 aliphatic rings. The minimum absolute atomic E-state index is 0.0460. The molecule has 0 bridgehead atoms. The lowest BCUT2D eigenvalue weighted by Gasteiger charge is -2.38. The first-order chi connectivity index (χ1) is 12.9. The van der Waals surface area contributed by atoms with E-state index >= 15 is 0 Å². The van der Waals surface area contributed by atoms with Crippen molar-refractivity contribution < 1.29 is 14.2 Å². The highest BCUT2D eigenvalue weighted by molar-refractivity contribution is 7.80. The van der Waals surface area contributed by atoms with Gasteiger partial charge in [-0.2, -0.15) is 0 Å². The molecule has 0 amide bonds. The van der Waals surface area contributed by atoms with Gasteiger partial charge in [0.25, 0.3) is 0 Å². The van der Waals surface area contributed by atoms with Crippen LogP contribution in [0.25, 0.3) is 0 Å². The predicted molar refractivity (Wildman–Crippen MR) is 112 cm³/mol. The summed E-state index contributed by atoms with van der Waals surface area (Å²) in [5.74, 6) is 2.41. The van der Waals surface area contributed by atoms with Crippen LogP contribution >= 0.6 is 12.2 Å². The fraction of sp³-hybridized carbons (Fsp3) is 0.381. The Labute approximate surface area is 166 Å². The van der Waals surface area contributed by atoms with E-state index in [4.69, 9.17) is 26.4 Å². The average Bonchev–Trinajstić information content (AvgIpc) is 2.60. The zero-order chi connectivity index (χ0) is 19.4. The van der Waals surface area contributed by atoms with Crippen LogP contribution in [0.1, 0.15) is 38.8 Å². The van der Waals surface area contributed by atoms with Crippen molar-refractivity contribution in [1.29, 1.82) is 0 Å². The van der Waals surface area contributed by atoms with Crippen LogP contribution in [0, 0.1) is 0 Å². The van der Waals surface area contributed by atoms with Crippen molar-refractivity contribution in [2.75, 3.05) is 19.0 Å². The zero-order valence-electron chi connectivity index (χ0n) is 16.2. The Morgan fingerprint density at radius 2 is 2.04 bits per heavy atom. The number of hydrogen-bond acceptors (Lipinski definition) is 4. The van der Waals surface area contributed by atoms with Crippen LogP contribution in [0.4, 0.5) is 5.69 Å². The van der Waals surface area contributed by atoms with E-state index in [1.165, 1.54) is 0 Å². The molecule has 0 radical (unpaired) electrons. The third kappa shape index (κ3) is 4.83. The Bertz CT molecular complexity index is 823. The van der Waals surface area contributed by atoms with Crippen LogP contribution in [-0.4, -0.2) is 24.4 Å². The number of rotatable bonds is 5. The lowest BCUT2D eigenvalue weighted by atomic mass is 9.89. The topological polar surface area (TPSA) is 51.8 Å². The van der Waals surface area contributed by atoms with E-state index in [1.54, 1.807) is 7.11 Å². The van der Waals surface area contributed by atoms with Gasteiger partial charge in [-0.3, -0.25) is 0 Å². The van der Waals surface area contributed by atoms with Gasteiger partial charge >= 0.3 is 0 Å². The minimum atomic E-state index is -0.304. The summed E-state index contributed by atoms with van der Waals surface area (Å²) in [6.45, 7) is 6.74. The number of anilines is 1. The van der Waals surface area contributed by atoms with Gasteiger partial charge in [0, 0.05) is 29.8 Å². The molecule has 2 N–H and O–H groups in total. The Hall–Kier alpha value is -2.47. The molecule has 0 spiro atoms. The van der Waals surface area contributed by atoms with Crippen LogP contribution in [0.5, 0.6) is 17.2 Å². The molecule has 1 aliphatic heterocycles. The average molecular weight is 387 g/mol. The SMILES string of the molecule is CCOc1cccc(NC(=S)NC2CC(C)(C)Oc3cc(OC)ccc32)c1. The Balaban J connectivity index is 1.75. The van der Waals surface area contributed by atoms with Gasteiger partial charge in [-0.1, -0.05) is 6.07 Å². The van der Waals surface area contributed by atoms with Gasteiger partial charge in [0.1, 0.15) is 22.8 Å². The van der Waals surface area contributed by atoms with E-state index in [0.29, 0.717) is 11.7 Å². The number of benzene rings is 2. The third-order valence-electron chi connectivity index (χ3n) is 4.39. The standard InChI is InChI=1S/C21H26N2O3S/c1-5-25-16-8-6-7-14(11-16)22-20(27)23-18-13-21(2,3)26-19-12-15(24-4)9-10-17(18)19/h6-12,18H,5,13H2,1-4H3,(H2,22,23,27). The van der Waals surface area contributed by atoms with Crippen molar-refractivity contribution in [2.45, 2.75) is 38.8 Å². The highest BCUT2D eigenvalue weighted by atomic mass is 32.1. The smallest absolute Gasteiger partial charge is 0.171 e. The van der Waals surface area contributed by atoms with Crippen LogP contribution in [0.3, 0.4) is 0 Å². The molecule has 2 aromatic rings. The number of methoxy groups -OCH3 is 1. The summed E-state index contributed by atoms with van der Waals surface area (Å²) in [4.78, 5) is 0. The fourth-order valence-electron chi connectivity index (χ4n) is 3.24. The molecule has 5 nitrogen and oxygen atoms in total. The number of nitrogens with one attached hydrogen (secondary N) is 2.